The molecule has 6 nitrogen and oxygen atoms in total. The van der Waals surface area contributed by atoms with Crippen LogP contribution in [0.5, 0.6) is 0 Å². The lowest BCUT2D eigenvalue weighted by Crippen LogP contribution is -2.43. The zero-order valence-corrected chi connectivity index (χ0v) is 20.3. The van der Waals surface area contributed by atoms with Gasteiger partial charge >= 0.3 is 0 Å². The van der Waals surface area contributed by atoms with E-state index in [9.17, 15) is 0 Å². The minimum absolute atomic E-state index is 0. The summed E-state index contributed by atoms with van der Waals surface area (Å²) in [6, 6.07) is 0.525. The molecule has 1 fully saturated rings. The molecule has 2 rings (SSSR count). The van der Waals surface area contributed by atoms with Crippen LogP contribution in [0.3, 0.4) is 0 Å². The number of guanidine groups is 1. The lowest BCUT2D eigenvalue weighted by atomic mass is 10.2. The van der Waals surface area contributed by atoms with Gasteiger partial charge in [0.25, 0.3) is 0 Å². The van der Waals surface area contributed by atoms with Crippen molar-refractivity contribution < 1.29 is 0 Å². The predicted octanol–water partition coefficient (Wildman–Crippen LogP) is 3.20. The van der Waals surface area contributed by atoms with Crippen LogP contribution in [0.1, 0.15) is 44.3 Å². The number of nitrogens with zero attached hydrogens (tertiary/aromatic N) is 4. The topological polar surface area (TPSA) is 67.1 Å². The summed E-state index contributed by atoms with van der Waals surface area (Å²) in [6.45, 7) is 5.71. The van der Waals surface area contributed by atoms with Gasteiger partial charge in [-0.3, -0.25) is 0 Å². The highest BCUT2D eigenvalue weighted by molar-refractivity contribution is 14.0. The fraction of sp³-hybridized carbons (Fsp3) is 0.824. The van der Waals surface area contributed by atoms with E-state index in [-0.39, 0.29) is 24.0 Å². The second-order valence-electron chi connectivity index (χ2n) is 6.39. The van der Waals surface area contributed by atoms with Gasteiger partial charge in [-0.05, 0) is 50.4 Å². The molecule has 1 aromatic rings. The van der Waals surface area contributed by atoms with Gasteiger partial charge in [0.2, 0.25) is 0 Å². The van der Waals surface area contributed by atoms with Gasteiger partial charge in [0.05, 0.1) is 0 Å². The first-order chi connectivity index (χ1) is 12.1. The van der Waals surface area contributed by atoms with E-state index < -0.39 is 0 Å². The highest BCUT2D eigenvalue weighted by atomic mass is 127. The molecule has 1 aliphatic rings. The summed E-state index contributed by atoms with van der Waals surface area (Å²) in [7, 11) is 1.99. The lowest BCUT2D eigenvalue weighted by Gasteiger charge is -2.18. The predicted molar refractivity (Wildman–Crippen MR) is 126 cm³/mol. The van der Waals surface area contributed by atoms with Crippen molar-refractivity contribution in [1.82, 2.24) is 25.4 Å². The zero-order valence-electron chi connectivity index (χ0n) is 16.3. The second-order valence-corrected chi connectivity index (χ2v) is 8.96. The van der Waals surface area contributed by atoms with Crippen molar-refractivity contribution in [2.75, 3.05) is 24.3 Å². The average molecular weight is 513 g/mol. The highest BCUT2D eigenvalue weighted by Crippen LogP contribution is 2.29. The van der Waals surface area contributed by atoms with Gasteiger partial charge in [-0.2, -0.15) is 23.5 Å². The van der Waals surface area contributed by atoms with Crippen molar-refractivity contribution in [3.63, 3.8) is 0 Å². The Labute approximate surface area is 183 Å². The van der Waals surface area contributed by atoms with Crippen molar-refractivity contribution in [2.24, 2.45) is 12.0 Å². The molecule has 1 aliphatic carbocycles. The third kappa shape index (κ3) is 7.84. The van der Waals surface area contributed by atoms with Crippen LogP contribution in [0.15, 0.2) is 4.99 Å². The van der Waals surface area contributed by atoms with Gasteiger partial charge in [0.15, 0.2) is 11.8 Å². The first-order valence-corrected chi connectivity index (χ1v) is 11.6. The molecule has 2 atom stereocenters. The lowest BCUT2D eigenvalue weighted by molar-refractivity contribution is 0.610. The van der Waals surface area contributed by atoms with Crippen LogP contribution in [0.2, 0.25) is 0 Å². The number of aryl methyl sites for hydroxylation is 1. The van der Waals surface area contributed by atoms with Crippen LogP contribution in [-0.4, -0.2) is 56.3 Å². The molecule has 0 saturated heterocycles. The van der Waals surface area contributed by atoms with Crippen molar-refractivity contribution in [3.05, 3.63) is 11.6 Å². The second kappa shape index (κ2) is 13.1. The molecular formula is C17H33IN6S2. The standard InChI is InChI=1S/C17H32N6S2.HI/c1-5-25-15-8-7-14(11-15)20-17(18-9-6-10-24-4)19-12-16-22-21-13(2)23(16)3;/h14-15H,5-12H2,1-4H3,(H2,18,19,20);1H. The molecule has 9 heteroatoms. The van der Waals surface area contributed by atoms with Crippen molar-refractivity contribution in [1.29, 1.82) is 0 Å². The molecule has 1 saturated carbocycles. The molecular weight excluding hydrogens is 479 g/mol. The van der Waals surface area contributed by atoms with Crippen LogP contribution < -0.4 is 10.6 Å². The van der Waals surface area contributed by atoms with Crippen molar-refractivity contribution in [3.8, 4) is 0 Å². The molecule has 0 spiro atoms. The Balaban J connectivity index is 0.00000338. The number of hydrogen-bond acceptors (Lipinski definition) is 5. The number of halogens is 1. The number of thioether (sulfide) groups is 2. The summed E-state index contributed by atoms with van der Waals surface area (Å²) in [4.78, 5) is 4.76. The molecule has 0 amide bonds. The van der Waals surface area contributed by atoms with Crippen LogP contribution in [0.25, 0.3) is 0 Å². The number of aromatic nitrogens is 3. The van der Waals surface area contributed by atoms with Gasteiger partial charge < -0.3 is 15.2 Å². The summed E-state index contributed by atoms with van der Waals surface area (Å²) in [5.41, 5.74) is 0. The molecule has 2 unspecified atom stereocenters. The number of nitrogens with one attached hydrogen (secondary N) is 2. The maximum atomic E-state index is 4.76. The Morgan fingerprint density at radius 1 is 1.35 bits per heavy atom. The first-order valence-electron chi connectivity index (χ1n) is 9.14. The van der Waals surface area contributed by atoms with E-state index in [1.54, 1.807) is 0 Å². The Bertz CT molecular complexity index is 551. The summed E-state index contributed by atoms with van der Waals surface area (Å²) in [6.07, 6.45) is 7.05. The van der Waals surface area contributed by atoms with Gasteiger partial charge in [-0.15, -0.1) is 34.2 Å². The SMILES string of the molecule is CCSC1CCC(NC(=NCc2nnc(C)n2C)NCCCSC)C1.I. The van der Waals surface area contributed by atoms with E-state index in [4.69, 9.17) is 4.99 Å². The monoisotopic (exact) mass is 512 g/mol. The highest BCUT2D eigenvalue weighted by Gasteiger charge is 2.25. The van der Waals surface area contributed by atoms with Gasteiger partial charge in [-0.25, -0.2) is 4.99 Å². The summed E-state index contributed by atoms with van der Waals surface area (Å²) in [5, 5.41) is 16.2. The van der Waals surface area contributed by atoms with E-state index in [1.165, 1.54) is 30.8 Å². The number of rotatable bonds is 9. The fourth-order valence-electron chi connectivity index (χ4n) is 2.97. The van der Waals surface area contributed by atoms with Gasteiger partial charge in [0, 0.05) is 24.9 Å². The maximum absolute atomic E-state index is 4.76. The van der Waals surface area contributed by atoms with Crippen LogP contribution in [0, 0.1) is 6.92 Å². The van der Waals surface area contributed by atoms with Gasteiger partial charge in [0.1, 0.15) is 12.4 Å². The van der Waals surface area contributed by atoms with Crippen LogP contribution >= 0.6 is 47.5 Å². The van der Waals surface area contributed by atoms with E-state index in [0.29, 0.717) is 12.6 Å². The molecule has 1 heterocycles. The minimum Gasteiger partial charge on any atom is -0.356 e. The molecule has 150 valence electrons. The van der Waals surface area contributed by atoms with Crippen LogP contribution in [0.4, 0.5) is 0 Å². The fourth-order valence-corrected chi connectivity index (χ4v) is 4.54. The number of hydrogen-bond donors (Lipinski definition) is 2. The van der Waals surface area contributed by atoms with E-state index in [2.05, 4.69) is 45.8 Å². The quantitative estimate of drug-likeness (QED) is 0.229. The van der Waals surface area contributed by atoms with Crippen molar-refractivity contribution in [2.45, 2.75) is 57.4 Å². The Morgan fingerprint density at radius 2 is 2.15 bits per heavy atom. The minimum atomic E-state index is 0. The molecule has 0 bridgehead atoms. The third-order valence-corrected chi connectivity index (χ3v) is 6.44. The third-order valence-electron chi connectivity index (χ3n) is 4.51. The molecule has 2 N–H and O–H groups in total. The molecule has 26 heavy (non-hydrogen) atoms. The zero-order chi connectivity index (χ0) is 18.1. The van der Waals surface area contributed by atoms with Crippen LogP contribution in [-0.2, 0) is 13.6 Å². The average Bonchev–Trinajstić information content (AvgIpc) is 3.17. The molecule has 1 aromatic heterocycles. The molecule has 0 aliphatic heterocycles. The summed E-state index contributed by atoms with van der Waals surface area (Å²) < 4.78 is 2.00. The summed E-state index contributed by atoms with van der Waals surface area (Å²) in [5.74, 6) is 5.10. The van der Waals surface area contributed by atoms with E-state index in [0.717, 1.165) is 35.8 Å². The normalized spacial score (nSPS) is 20.1. The van der Waals surface area contributed by atoms with Crippen molar-refractivity contribution >= 4 is 53.5 Å². The van der Waals surface area contributed by atoms with E-state index in [1.807, 2.05) is 30.3 Å². The number of aliphatic imine (C=N–C) groups is 1. The molecule has 0 aromatic carbocycles. The first kappa shape index (κ1) is 23.9. The smallest absolute Gasteiger partial charge is 0.191 e. The molecule has 0 radical (unpaired) electrons. The summed E-state index contributed by atoms with van der Waals surface area (Å²) >= 11 is 3.97. The Kier molecular flexibility index (Phi) is 12.0. The van der Waals surface area contributed by atoms with E-state index >= 15 is 0 Å². The Hall–Kier alpha value is -0.160. The Morgan fingerprint density at radius 3 is 2.81 bits per heavy atom. The van der Waals surface area contributed by atoms with Gasteiger partial charge in [-0.1, -0.05) is 6.92 Å². The largest absolute Gasteiger partial charge is 0.356 e. The maximum Gasteiger partial charge on any atom is 0.191 e.